The number of ether oxygens (including phenoxy) is 1. The highest BCUT2D eigenvalue weighted by Crippen LogP contribution is 2.15. The molecule has 2 aromatic rings. The number of pyridine rings is 2. The maximum absolute atomic E-state index is 11.6. The van der Waals surface area contributed by atoms with Crippen molar-refractivity contribution in [2.24, 2.45) is 0 Å². The number of nitrogens with one attached hydrogen (secondary N) is 1. The average Bonchev–Trinajstić information content (AvgIpc) is 3.45. The molecule has 2 aromatic heterocycles. The SMILES string of the molecule is CC(C)(C)OC(=O)Nc1ccc(CN2CCCC2)nc1.Nc1ccc(CN2CCCC2)nc1. The van der Waals surface area contributed by atoms with E-state index in [1.165, 1.54) is 38.8 Å². The van der Waals surface area contributed by atoms with Crippen molar-refractivity contribution >= 4 is 17.5 Å². The van der Waals surface area contributed by atoms with Crippen molar-refractivity contribution in [1.82, 2.24) is 19.8 Å². The van der Waals surface area contributed by atoms with Gasteiger partial charge in [0.05, 0.1) is 35.2 Å². The smallest absolute Gasteiger partial charge is 0.412 e. The van der Waals surface area contributed by atoms with Crippen molar-refractivity contribution < 1.29 is 9.53 Å². The number of likely N-dealkylation sites (tertiary alicyclic amines) is 2. The minimum atomic E-state index is -0.493. The Labute approximate surface area is 197 Å². The van der Waals surface area contributed by atoms with Gasteiger partial charge in [-0.3, -0.25) is 25.1 Å². The van der Waals surface area contributed by atoms with Crippen LogP contribution in [-0.2, 0) is 17.8 Å². The third kappa shape index (κ3) is 9.35. The van der Waals surface area contributed by atoms with Gasteiger partial charge < -0.3 is 10.5 Å². The lowest BCUT2D eigenvalue weighted by Gasteiger charge is -2.19. The van der Waals surface area contributed by atoms with Crippen LogP contribution in [0.3, 0.4) is 0 Å². The first kappa shape index (κ1) is 24.9. The van der Waals surface area contributed by atoms with E-state index in [9.17, 15) is 4.79 Å². The summed E-state index contributed by atoms with van der Waals surface area (Å²) >= 11 is 0. The molecule has 2 fully saturated rings. The molecule has 0 spiro atoms. The Kier molecular flexibility index (Phi) is 9.03. The molecule has 8 heteroatoms. The highest BCUT2D eigenvalue weighted by atomic mass is 16.6. The van der Waals surface area contributed by atoms with Crippen LogP contribution in [0.2, 0.25) is 0 Å². The molecule has 8 nitrogen and oxygen atoms in total. The fraction of sp³-hybridized carbons (Fsp3) is 0.560. The van der Waals surface area contributed by atoms with Gasteiger partial charge in [0.25, 0.3) is 0 Å². The molecule has 0 aliphatic carbocycles. The molecular weight excluding hydrogens is 416 g/mol. The van der Waals surface area contributed by atoms with Crippen molar-refractivity contribution in [2.75, 3.05) is 37.2 Å². The zero-order valence-electron chi connectivity index (χ0n) is 20.2. The number of nitrogen functional groups attached to an aromatic ring is 1. The second kappa shape index (κ2) is 12.0. The summed E-state index contributed by atoms with van der Waals surface area (Å²) < 4.78 is 5.19. The van der Waals surface area contributed by atoms with E-state index in [4.69, 9.17) is 10.5 Å². The number of hydrogen-bond acceptors (Lipinski definition) is 7. The van der Waals surface area contributed by atoms with Crippen LogP contribution in [-0.4, -0.2) is 57.6 Å². The van der Waals surface area contributed by atoms with E-state index in [1.807, 2.05) is 45.0 Å². The van der Waals surface area contributed by atoms with E-state index in [-0.39, 0.29) is 0 Å². The number of aromatic nitrogens is 2. The maximum Gasteiger partial charge on any atom is 0.412 e. The van der Waals surface area contributed by atoms with E-state index in [2.05, 4.69) is 25.1 Å². The standard InChI is InChI=1S/C15H23N3O2.C10H15N3/c1-15(2,3)20-14(19)17-12-6-7-13(16-10-12)11-18-8-4-5-9-18;11-9-3-4-10(12-7-9)8-13-5-1-2-6-13/h6-7,10H,4-5,8-9,11H2,1-3H3,(H,17,19);3-4,7H,1-2,5-6,8,11H2. The Balaban J connectivity index is 0.000000203. The zero-order valence-corrected chi connectivity index (χ0v) is 20.2. The number of nitrogens with two attached hydrogens (primary N) is 1. The number of hydrogen-bond donors (Lipinski definition) is 2. The van der Waals surface area contributed by atoms with Crippen LogP contribution in [0.4, 0.5) is 16.2 Å². The van der Waals surface area contributed by atoms with Gasteiger partial charge in [0.15, 0.2) is 0 Å². The van der Waals surface area contributed by atoms with Crippen LogP contribution in [0, 0.1) is 0 Å². The molecule has 1 amide bonds. The summed E-state index contributed by atoms with van der Waals surface area (Å²) in [5, 5.41) is 2.68. The van der Waals surface area contributed by atoms with Crippen molar-refractivity contribution in [3.05, 3.63) is 48.0 Å². The fourth-order valence-electron chi connectivity index (χ4n) is 3.88. The molecule has 0 radical (unpaired) electrons. The fourth-order valence-corrected chi connectivity index (χ4v) is 3.88. The predicted molar refractivity (Wildman–Crippen MR) is 132 cm³/mol. The summed E-state index contributed by atoms with van der Waals surface area (Å²) in [6.45, 7) is 12.1. The molecule has 3 N–H and O–H groups in total. The van der Waals surface area contributed by atoms with Gasteiger partial charge in [-0.05, 0) is 96.9 Å². The number of carbonyl (C=O) groups is 1. The van der Waals surface area contributed by atoms with Gasteiger partial charge >= 0.3 is 6.09 Å². The molecule has 4 rings (SSSR count). The topological polar surface area (TPSA) is 96.6 Å². The van der Waals surface area contributed by atoms with Crippen LogP contribution < -0.4 is 11.1 Å². The van der Waals surface area contributed by atoms with Crippen molar-refractivity contribution in [3.63, 3.8) is 0 Å². The molecule has 0 unspecified atom stereocenters. The van der Waals surface area contributed by atoms with Gasteiger partial charge in [-0.15, -0.1) is 0 Å². The monoisotopic (exact) mass is 454 g/mol. The summed E-state index contributed by atoms with van der Waals surface area (Å²) in [6, 6.07) is 7.74. The quantitative estimate of drug-likeness (QED) is 0.696. The Morgan fingerprint density at radius 2 is 1.42 bits per heavy atom. The van der Waals surface area contributed by atoms with Crippen LogP contribution in [0.15, 0.2) is 36.7 Å². The lowest BCUT2D eigenvalue weighted by Crippen LogP contribution is -2.27. The molecule has 0 bridgehead atoms. The van der Waals surface area contributed by atoms with Crippen molar-refractivity contribution in [2.45, 2.75) is 65.1 Å². The summed E-state index contributed by atoms with van der Waals surface area (Å²) in [7, 11) is 0. The summed E-state index contributed by atoms with van der Waals surface area (Å²) in [4.78, 5) is 25.1. The Bertz CT molecular complexity index is 852. The number of nitrogens with zero attached hydrogens (tertiary/aromatic N) is 4. The zero-order chi connectivity index (χ0) is 23.7. The Morgan fingerprint density at radius 1 is 0.909 bits per heavy atom. The van der Waals surface area contributed by atoms with Crippen LogP contribution in [0.25, 0.3) is 0 Å². The minimum Gasteiger partial charge on any atom is -0.444 e. The first-order valence-corrected chi connectivity index (χ1v) is 11.9. The van der Waals surface area contributed by atoms with E-state index >= 15 is 0 Å². The van der Waals surface area contributed by atoms with Gasteiger partial charge in [0.1, 0.15) is 5.60 Å². The van der Waals surface area contributed by atoms with Gasteiger partial charge in [0.2, 0.25) is 0 Å². The van der Waals surface area contributed by atoms with Crippen LogP contribution in [0.5, 0.6) is 0 Å². The van der Waals surface area contributed by atoms with Gasteiger partial charge in [-0.1, -0.05) is 0 Å². The normalized spacial score (nSPS) is 16.8. The number of rotatable bonds is 5. The average molecular weight is 455 g/mol. The molecular formula is C25H38N6O2. The van der Waals surface area contributed by atoms with Crippen LogP contribution >= 0.6 is 0 Å². The number of amides is 1. The van der Waals surface area contributed by atoms with E-state index < -0.39 is 11.7 Å². The molecule has 4 heterocycles. The highest BCUT2D eigenvalue weighted by molar-refractivity contribution is 5.84. The minimum absolute atomic E-state index is 0.452. The van der Waals surface area contributed by atoms with E-state index in [0.717, 1.165) is 43.3 Å². The molecule has 180 valence electrons. The second-order valence-corrected chi connectivity index (χ2v) is 9.71. The second-order valence-electron chi connectivity index (χ2n) is 9.71. The van der Waals surface area contributed by atoms with E-state index in [1.54, 1.807) is 12.4 Å². The van der Waals surface area contributed by atoms with Crippen molar-refractivity contribution in [3.8, 4) is 0 Å². The van der Waals surface area contributed by atoms with Crippen LogP contribution in [0.1, 0.15) is 57.8 Å². The molecule has 2 aliphatic heterocycles. The molecule has 0 aromatic carbocycles. The first-order chi connectivity index (χ1) is 15.8. The molecule has 0 saturated carbocycles. The summed E-state index contributed by atoms with van der Waals surface area (Å²) in [6.07, 6.45) is 8.16. The molecule has 0 atom stereocenters. The summed E-state index contributed by atoms with van der Waals surface area (Å²) in [5.41, 5.74) is 8.61. The molecule has 2 aliphatic rings. The lowest BCUT2D eigenvalue weighted by atomic mass is 10.2. The maximum atomic E-state index is 11.6. The predicted octanol–water partition coefficient (Wildman–Crippen LogP) is 4.28. The van der Waals surface area contributed by atoms with E-state index in [0.29, 0.717) is 5.69 Å². The third-order valence-corrected chi connectivity index (χ3v) is 5.49. The van der Waals surface area contributed by atoms with Gasteiger partial charge in [-0.2, -0.15) is 0 Å². The molecule has 2 saturated heterocycles. The number of anilines is 2. The van der Waals surface area contributed by atoms with Gasteiger partial charge in [-0.25, -0.2) is 4.79 Å². The Morgan fingerprint density at radius 3 is 1.85 bits per heavy atom. The van der Waals surface area contributed by atoms with Crippen molar-refractivity contribution in [1.29, 1.82) is 0 Å². The third-order valence-electron chi connectivity index (χ3n) is 5.49. The van der Waals surface area contributed by atoms with Gasteiger partial charge in [0, 0.05) is 13.1 Å². The largest absolute Gasteiger partial charge is 0.444 e. The number of carbonyl (C=O) groups excluding carboxylic acids is 1. The highest BCUT2D eigenvalue weighted by Gasteiger charge is 2.17. The first-order valence-electron chi connectivity index (χ1n) is 11.9. The summed E-state index contributed by atoms with van der Waals surface area (Å²) in [5.74, 6) is 0. The molecule has 33 heavy (non-hydrogen) atoms. The lowest BCUT2D eigenvalue weighted by molar-refractivity contribution is 0.0636. The Hall–Kier alpha value is -2.71.